The number of fused-ring (bicyclic) bond motifs is 2. The molecule has 172 valence electrons. The second-order valence-corrected chi connectivity index (χ2v) is 8.72. The zero-order valence-corrected chi connectivity index (χ0v) is 19.4. The van der Waals surface area contributed by atoms with Crippen LogP contribution in [-0.4, -0.2) is 36.0 Å². The van der Waals surface area contributed by atoms with Gasteiger partial charge in [-0.15, -0.1) is 0 Å². The number of benzene rings is 3. The van der Waals surface area contributed by atoms with E-state index < -0.39 is 6.10 Å². The van der Waals surface area contributed by atoms with Gasteiger partial charge in [-0.2, -0.15) is 0 Å². The fourth-order valence-corrected chi connectivity index (χ4v) is 4.78. The van der Waals surface area contributed by atoms with E-state index in [1.54, 1.807) is 11.0 Å². The van der Waals surface area contributed by atoms with Gasteiger partial charge >= 0.3 is 0 Å². The van der Waals surface area contributed by atoms with Crippen LogP contribution >= 0.6 is 11.6 Å². The average molecular weight is 474 g/mol. The molecule has 34 heavy (non-hydrogen) atoms. The molecule has 2 heterocycles. The maximum absolute atomic E-state index is 13.2. The predicted octanol–water partition coefficient (Wildman–Crippen LogP) is 4.88. The van der Waals surface area contributed by atoms with Crippen molar-refractivity contribution in [2.45, 2.75) is 18.9 Å². The van der Waals surface area contributed by atoms with E-state index in [4.69, 9.17) is 16.3 Å². The first-order chi connectivity index (χ1) is 16.5. The van der Waals surface area contributed by atoms with Crippen LogP contribution in [-0.2, 0) is 9.59 Å². The normalized spacial score (nSPS) is 15.9. The van der Waals surface area contributed by atoms with Gasteiger partial charge in [0.15, 0.2) is 6.10 Å². The summed E-state index contributed by atoms with van der Waals surface area (Å²) in [5.74, 6) is -0.0732. The van der Waals surface area contributed by atoms with Crippen LogP contribution in [0.1, 0.15) is 24.0 Å². The second-order valence-electron chi connectivity index (χ2n) is 8.31. The molecule has 7 heteroatoms. The van der Waals surface area contributed by atoms with Crippen molar-refractivity contribution in [2.24, 2.45) is 0 Å². The number of para-hydroxylation sites is 3. The van der Waals surface area contributed by atoms with E-state index in [1.807, 2.05) is 66.9 Å². The summed E-state index contributed by atoms with van der Waals surface area (Å²) >= 11 is 6.57. The van der Waals surface area contributed by atoms with E-state index in [2.05, 4.69) is 16.4 Å². The smallest absolute Gasteiger partial charge is 0.263 e. The number of anilines is 1. The number of amides is 2. The minimum absolute atomic E-state index is 0.138. The number of hydrogen-bond donors (Lipinski definition) is 2. The number of rotatable bonds is 5. The molecule has 0 radical (unpaired) electrons. The van der Waals surface area contributed by atoms with Gasteiger partial charge < -0.3 is 19.9 Å². The molecule has 0 aliphatic carbocycles. The molecule has 0 bridgehead atoms. The number of carbonyl (C=O) groups excluding carboxylic acids is 2. The lowest BCUT2D eigenvalue weighted by Gasteiger charge is -2.33. The van der Waals surface area contributed by atoms with Crippen molar-refractivity contribution in [3.05, 3.63) is 95.1 Å². The number of ether oxygens (including phenoxy) is 1. The molecule has 6 nitrogen and oxygen atoms in total. The van der Waals surface area contributed by atoms with Crippen molar-refractivity contribution < 1.29 is 14.3 Å². The third-order valence-corrected chi connectivity index (χ3v) is 6.55. The Morgan fingerprint density at radius 1 is 1.06 bits per heavy atom. The highest BCUT2D eigenvalue weighted by molar-refractivity contribution is 6.31. The molecular formula is C27H24ClN3O3. The summed E-state index contributed by atoms with van der Waals surface area (Å²) in [7, 11) is 0. The van der Waals surface area contributed by atoms with E-state index in [-0.39, 0.29) is 24.3 Å². The number of nitrogens with one attached hydrogen (secondary N) is 2. The van der Waals surface area contributed by atoms with Crippen LogP contribution < -0.4 is 15.0 Å². The first-order valence-electron chi connectivity index (χ1n) is 11.1. The predicted molar refractivity (Wildman–Crippen MR) is 133 cm³/mol. The third-order valence-electron chi connectivity index (χ3n) is 6.20. The molecule has 0 fully saturated rings. The number of nitrogens with zero attached hydrogens (tertiary/aromatic N) is 1. The van der Waals surface area contributed by atoms with E-state index in [9.17, 15) is 9.59 Å². The summed E-state index contributed by atoms with van der Waals surface area (Å²) in [6.07, 6.45) is 1.16. The van der Waals surface area contributed by atoms with Gasteiger partial charge in [0.1, 0.15) is 5.75 Å². The maximum Gasteiger partial charge on any atom is 0.263 e. The first-order valence-corrected chi connectivity index (χ1v) is 11.5. The van der Waals surface area contributed by atoms with E-state index >= 15 is 0 Å². The van der Waals surface area contributed by atoms with Gasteiger partial charge in [-0.1, -0.05) is 60.1 Å². The van der Waals surface area contributed by atoms with Crippen molar-refractivity contribution in [1.29, 1.82) is 0 Å². The average Bonchev–Trinajstić information content (AvgIpc) is 3.28. The van der Waals surface area contributed by atoms with Crippen LogP contribution in [0.3, 0.4) is 0 Å². The monoisotopic (exact) mass is 473 g/mol. The van der Waals surface area contributed by atoms with Crippen LogP contribution in [0.15, 0.2) is 79.0 Å². The number of aromatic nitrogens is 1. The van der Waals surface area contributed by atoms with Crippen LogP contribution in [0, 0.1) is 0 Å². The van der Waals surface area contributed by atoms with E-state index in [0.717, 1.165) is 22.0 Å². The lowest BCUT2D eigenvalue weighted by molar-refractivity contribution is -0.128. The molecule has 5 rings (SSSR count). The Kier molecular flexibility index (Phi) is 5.99. The standard InChI is InChI=1S/C27H24ClN3O3/c1-17(32)31-16-26(34-25-13-7-6-12-24(25)31)27(33)30-15-20(18-8-2-4-10-22(18)28)21-14-29-23-11-5-3-9-19(21)23/h2-14,20,26,29H,15-16H2,1H3,(H,30,33)/t20-,26-/m1/s1. The highest BCUT2D eigenvalue weighted by Gasteiger charge is 2.33. The number of carbonyl (C=O) groups is 2. The van der Waals surface area contributed by atoms with Crippen LogP contribution in [0.2, 0.25) is 5.02 Å². The van der Waals surface area contributed by atoms with Gasteiger partial charge in [-0.05, 0) is 35.4 Å². The molecule has 1 aliphatic heterocycles. The Balaban J connectivity index is 1.41. The van der Waals surface area contributed by atoms with Gasteiger partial charge in [0, 0.05) is 41.5 Å². The van der Waals surface area contributed by atoms with Gasteiger partial charge in [0.05, 0.1) is 12.2 Å². The molecule has 2 N–H and O–H groups in total. The van der Waals surface area contributed by atoms with Gasteiger partial charge in [0.2, 0.25) is 5.91 Å². The van der Waals surface area contributed by atoms with E-state index in [0.29, 0.717) is 23.0 Å². The highest BCUT2D eigenvalue weighted by Crippen LogP contribution is 2.35. The molecule has 0 saturated heterocycles. The lowest BCUT2D eigenvalue weighted by Crippen LogP contribution is -2.50. The van der Waals surface area contributed by atoms with Crippen molar-refractivity contribution in [3.8, 4) is 5.75 Å². The maximum atomic E-state index is 13.2. The van der Waals surface area contributed by atoms with Crippen molar-refractivity contribution in [1.82, 2.24) is 10.3 Å². The Hall–Kier alpha value is -3.77. The van der Waals surface area contributed by atoms with Crippen LogP contribution in [0.5, 0.6) is 5.75 Å². The molecule has 1 aliphatic rings. The summed E-state index contributed by atoms with van der Waals surface area (Å²) in [5.41, 5.74) is 3.66. The number of halogens is 1. The number of H-pyrrole nitrogens is 1. The molecule has 0 saturated carbocycles. The zero-order chi connectivity index (χ0) is 23.7. The molecule has 4 aromatic rings. The molecular weight excluding hydrogens is 450 g/mol. The van der Waals surface area contributed by atoms with Crippen molar-refractivity contribution in [3.63, 3.8) is 0 Å². The molecule has 2 atom stereocenters. The Morgan fingerprint density at radius 2 is 1.79 bits per heavy atom. The van der Waals surface area contributed by atoms with Gasteiger partial charge in [-0.25, -0.2) is 0 Å². The fraction of sp³-hybridized carbons (Fsp3) is 0.185. The molecule has 1 aromatic heterocycles. The zero-order valence-electron chi connectivity index (χ0n) is 18.6. The Morgan fingerprint density at radius 3 is 2.62 bits per heavy atom. The third kappa shape index (κ3) is 4.13. The first kappa shape index (κ1) is 22.0. The van der Waals surface area contributed by atoms with E-state index in [1.165, 1.54) is 6.92 Å². The molecule has 3 aromatic carbocycles. The largest absolute Gasteiger partial charge is 0.477 e. The minimum atomic E-state index is -0.811. The SMILES string of the molecule is CC(=O)N1C[C@H](C(=O)NC[C@H](c2ccccc2Cl)c2c[nH]c3ccccc23)Oc2ccccc21. The number of aromatic amines is 1. The summed E-state index contributed by atoms with van der Waals surface area (Å²) in [4.78, 5) is 30.3. The van der Waals surface area contributed by atoms with Crippen LogP contribution in [0.25, 0.3) is 10.9 Å². The summed E-state index contributed by atoms with van der Waals surface area (Å²) in [6, 6.07) is 23.0. The van der Waals surface area contributed by atoms with Crippen LogP contribution in [0.4, 0.5) is 5.69 Å². The Bertz CT molecular complexity index is 1370. The minimum Gasteiger partial charge on any atom is -0.477 e. The molecule has 0 spiro atoms. The van der Waals surface area contributed by atoms with Crippen molar-refractivity contribution >= 4 is 40.0 Å². The molecule has 2 amide bonds. The highest BCUT2D eigenvalue weighted by atomic mass is 35.5. The Labute approximate surface area is 202 Å². The molecule has 0 unspecified atom stereocenters. The van der Waals surface area contributed by atoms with Gasteiger partial charge in [-0.3, -0.25) is 9.59 Å². The second kappa shape index (κ2) is 9.23. The fourth-order valence-electron chi connectivity index (χ4n) is 4.51. The summed E-state index contributed by atoms with van der Waals surface area (Å²) in [5, 5.41) is 4.76. The van der Waals surface area contributed by atoms with Gasteiger partial charge in [0.25, 0.3) is 5.91 Å². The number of hydrogen-bond acceptors (Lipinski definition) is 3. The van der Waals surface area contributed by atoms with Crippen molar-refractivity contribution in [2.75, 3.05) is 18.0 Å². The topological polar surface area (TPSA) is 74.4 Å². The summed E-state index contributed by atoms with van der Waals surface area (Å²) in [6.45, 7) is 1.97. The quantitative estimate of drug-likeness (QED) is 0.433. The summed E-state index contributed by atoms with van der Waals surface area (Å²) < 4.78 is 5.96. The lowest BCUT2D eigenvalue weighted by atomic mass is 9.90.